The Balaban J connectivity index is 1.94. The Morgan fingerprint density at radius 1 is 1.17 bits per heavy atom. The van der Waals surface area contributed by atoms with Gasteiger partial charge in [0.2, 0.25) is 0 Å². The van der Waals surface area contributed by atoms with Crippen LogP contribution in [0, 0.1) is 5.41 Å². The van der Waals surface area contributed by atoms with E-state index >= 15 is 0 Å². The van der Waals surface area contributed by atoms with Crippen LogP contribution in [0.25, 0.3) is 0 Å². The van der Waals surface area contributed by atoms with Crippen molar-refractivity contribution in [2.24, 2.45) is 11.1 Å². The van der Waals surface area contributed by atoms with E-state index in [4.69, 9.17) is 5.73 Å². The van der Waals surface area contributed by atoms with E-state index < -0.39 is 0 Å². The molecular formula is C16H26N2. The van der Waals surface area contributed by atoms with Gasteiger partial charge < -0.3 is 11.1 Å². The fourth-order valence-corrected chi connectivity index (χ4v) is 2.82. The largest absolute Gasteiger partial charge is 0.384 e. The summed E-state index contributed by atoms with van der Waals surface area (Å²) in [4.78, 5) is 0. The summed E-state index contributed by atoms with van der Waals surface area (Å²) in [5, 5.41) is 3.31. The van der Waals surface area contributed by atoms with Gasteiger partial charge in [-0.2, -0.15) is 0 Å². The highest BCUT2D eigenvalue weighted by Crippen LogP contribution is 2.42. The van der Waals surface area contributed by atoms with Crippen LogP contribution < -0.4 is 11.1 Å². The molecule has 2 rings (SSSR count). The van der Waals surface area contributed by atoms with Gasteiger partial charge in [-0.25, -0.2) is 0 Å². The Kier molecular flexibility index (Phi) is 4.28. The fourth-order valence-electron chi connectivity index (χ4n) is 2.82. The molecule has 0 amide bonds. The van der Waals surface area contributed by atoms with Crippen molar-refractivity contribution in [3.63, 3.8) is 0 Å². The van der Waals surface area contributed by atoms with E-state index in [0.717, 1.165) is 12.5 Å². The van der Waals surface area contributed by atoms with Crippen molar-refractivity contribution in [3.8, 4) is 0 Å². The molecule has 0 aliphatic heterocycles. The minimum Gasteiger partial charge on any atom is -0.384 e. The zero-order chi connectivity index (χ0) is 13.0. The molecule has 1 aliphatic rings. The summed E-state index contributed by atoms with van der Waals surface area (Å²) < 4.78 is 0. The first-order valence-corrected chi connectivity index (χ1v) is 7.15. The van der Waals surface area contributed by atoms with Crippen molar-refractivity contribution >= 4 is 5.69 Å². The Hall–Kier alpha value is -1.02. The van der Waals surface area contributed by atoms with Gasteiger partial charge in [0, 0.05) is 18.8 Å². The van der Waals surface area contributed by atoms with Gasteiger partial charge in [0.1, 0.15) is 0 Å². The number of nitrogens with one attached hydrogen (secondary N) is 1. The molecule has 0 atom stereocenters. The molecule has 1 fully saturated rings. The summed E-state index contributed by atoms with van der Waals surface area (Å²) >= 11 is 0. The molecule has 18 heavy (non-hydrogen) atoms. The second-order valence-corrected chi connectivity index (χ2v) is 6.28. The molecule has 1 aromatic carbocycles. The average Bonchev–Trinajstić information content (AvgIpc) is 2.37. The van der Waals surface area contributed by atoms with Crippen molar-refractivity contribution in [1.82, 2.24) is 0 Å². The van der Waals surface area contributed by atoms with Crippen LogP contribution >= 0.6 is 0 Å². The highest BCUT2D eigenvalue weighted by molar-refractivity contribution is 5.45. The smallest absolute Gasteiger partial charge is 0.0340 e. The molecule has 1 aliphatic carbocycles. The first-order chi connectivity index (χ1) is 8.61. The fraction of sp³-hybridized carbons (Fsp3) is 0.625. The van der Waals surface area contributed by atoms with Gasteiger partial charge in [-0.15, -0.1) is 0 Å². The van der Waals surface area contributed by atoms with E-state index in [1.807, 2.05) is 0 Å². The van der Waals surface area contributed by atoms with E-state index in [1.54, 1.807) is 0 Å². The number of hydrogen-bond donors (Lipinski definition) is 2. The molecule has 0 radical (unpaired) electrons. The lowest BCUT2D eigenvalue weighted by atomic mass is 9.71. The quantitative estimate of drug-likeness (QED) is 0.849. The molecule has 3 N–H and O–H groups in total. The molecular weight excluding hydrogens is 220 g/mol. The number of rotatable bonds is 4. The van der Waals surface area contributed by atoms with Crippen LogP contribution in [0.1, 0.15) is 51.0 Å². The normalized spacial score (nSPS) is 19.7. The predicted octanol–water partition coefficient (Wildman–Crippen LogP) is 3.74. The third-order valence-corrected chi connectivity index (χ3v) is 4.19. The summed E-state index contributed by atoms with van der Waals surface area (Å²) in [5.74, 6) is 0.765. The van der Waals surface area contributed by atoms with Crippen LogP contribution in [0.2, 0.25) is 0 Å². The van der Waals surface area contributed by atoms with Crippen LogP contribution in [0.3, 0.4) is 0 Å². The standard InChI is InChI=1S/C16H26N2/c1-16(2)9-7-14(8-10-16)13-3-5-15(6-4-13)18-12-11-17/h3-6,14,18H,7-12,17H2,1-2H3. The van der Waals surface area contributed by atoms with Crippen molar-refractivity contribution < 1.29 is 0 Å². The molecule has 0 unspecified atom stereocenters. The lowest BCUT2D eigenvalue weighted by Crippen LogP contribution is -2.20. The highest BCUT2D eigenvalue weighted by atomic mass is 14.9. The van der Waals surface area contributed by atoms with Gasteiger partial charge in [-0.1, -0.05) is 26.0 Å². The maximum atomic E-state index is 5.49. The zero-order valence-electron chi connectivity index (χ0n) is 11.7. The van der Waals surface area contributed by atoms with Crippen LogP contribution in [0.4, 0.5) is 5.69 Å². The SMILES string of the molecule is CC1(C)CCC(c2ccc(NCCN)cc2)CC1. The zero-order valence-corrected chi connectivity index (χ0v) is 11.7. The molecule has 0 bridgehead atoms. The lowest BCUT2D eigenvalue weighted by Gasteiger charge is -2.34. The Morgan fingerprint density at radius 3 is 2.33 bits per heavy atom. The molecule has 100 valence electrons. The minimum atomic E-state index is 0.555. The number of anilines is 1. The van der Waals surface area contributed by atoms with Crippen molar-refractivity contribution in [2.75, 3.05) is 18.4 Å². The molecule has 2 heteroatoms. The molecule has 0 spiro atoms. The molecule has 0 aromatic heterocycles. The maximum Gasteiger partial charge on any atom is 0.0340 e. The van der Waals surface area contributed by atoms with Gasteiger partial charge in [-0.05, 0) is 54.7 Å². The van der Waals surface area contributed by atoms with Gasteiger partial charge in [0.15, 0.2) is 0 Å². The van der Waals surface area contributed by atoms with Crippen molar-refractivity contribution in [1.29, 1.82) is 0 Å². The van der Waals surface area contributed by atoms with Crippen LogP contribution in [-0.4, -0.2) is 13.1 Å². The third kappa shape index (κ3) is 3.49. The van der Waals surface area contributed by atoms with Gasteiger partial charge in [0.25, 0.3) is 0 Å². The topological polar surface area (TPSA) is 38.0 Å². The summed E-state index contributed by atoms with van der Waals surface area (Å²) in [6.45, 7) is 6.31. The summed E-state index contributed by atoms with van der Waals surface area (Å²) in [6, 6.07) is 8.93. The Bertz CT molecular complexity index is 357. The van der Waals surface area contributed by atoms with Crippen LogP contribution in [0.5, 0.6) is 0 Å². The number of hydrogen-bond acceptors (Lipinski definition) is 2. The van der Waals surface area contributed by atoms with E-state index in [9.17, 15) is 0 Å². The first kappa shape index (κ1) is 13.4. The van der Waals surface area contributed by atoms with Crippen LogP contribution in [0.15, 0.2) is 24.3 Å². The summed E-state index contributed by atoms with van der Waals surface area (Å²) in [6.07, 6.45) is 5.38. The molecule has 2 nitrogen and oxygen atoms in total. The molecule has 0 heterocycles. The Labute approximate surface area is 111 Å². The van der Waals surface area contributed by atoms with Gasteiger partial charge >= 0.3 is 0 Å². The third-order valence-electron chi connectivity index (χ3n) is 4.19. The van der Waals surface area contributed by atoms with Gasteiger partial charge in [-0.3, -0.25) is 0 Å². The number of benzene rings is 1. The predicted molar refractivity (Wildman–Crippen MR) is 79.0 cm³/mol. The van der Waals surface area contributed by atoms with Crippen molar-refractivity contribution in [3.05, 3.63) is 29.8 Å². The van der Waals surface area contributed by atoms with Gasteiger partial charge in [0.05, 0.1) is 0 Å². The van der Waals surface area contributed by atoms with E-state index in [1.165, 1.54) is 36.9 Å². The van der Waals surface area contributed by atoms with E-state index in [0.29, 0.717) is 12.0 Å². The summed E-state index contributed by atoms with van der Waals surface area (Å²) in [7, 11) is 0. The maximum absolute atomic E-state index is 5.49. The Morgan fingerprint density at radius 2 is 1.78 bits per heavy atom. The monoisotopic (exact) mass is 246 g/mol. The average molecular weight is 246 g/mol. The lowest BCUT2D eigenvalue weighted by molar-refractivity contribution is 0.224. The van der Waals surface area contributed by atoms with Crippen molar-refractivity contribution in [2.45, 2.75) is 45.4 Å². The highest BCUT2D eigenvalue weighted by Gasteiger charge is 2.27. The number of nitrogens with two attached hydrogens (primary N) is 1. The van der Waals surface area contributed by atoms with Crippen LogP contribution in [-0.2, 0) is 0 Å². The minimum absolute atomic E-state index is 0.555. The molecule has 0 saturated heterocycles. The second kappa shape index (κ2) is 5.75. The summed E-state index contributed by atoms with van der Waals surface area (Å²) in [5.41, 5.74) is 8.73. The second-order valence-electron chi connectivity index (χ2n) is 6.28. The molecule has 1 aromatic rings. The molecule has 1 saturated carbocycles. The first-order valence-electron chi connectivity index (χ1n) is 7.15. The van der Waals surface area contributed by atoms with E-state index in [2.05, 4.69) is 43.4 Å². The van der Waals surface area contributed by atoms with E-state index in [-0.39, 0.29) is 0 Å².